The van der Waals surface area contributed by atoms with E-state index < -0.39 is 0 Å². The molecule has 2 aromatic heterocycles. The number of hydrogen-bond donors (Lipinski definition) is 1. The predicted octanol–water partition coefficient (Wildman–Crippen LogP) is 3.58. The van der Waals surface area contributed by atoms with Gasteiger partial charge in [-0.15, -0.1) is 0 Å². The van der Waals surface area contributed by atoms with Crippen LogP contribution in [0.4, 0.5) is 5.69 Å². The zero-order chi connectivity index (χ0) is 17.6. The van der Waals surface area contributed by atoms with Crippen LogP contribution in [0.15, 0.2) is 61.1 Å². The van der Waals surface area contributed by atoms with Gasteiger partial charge in [-0.2, -0.15) is 0 Å². The van der Waals surface area contributed by atoms with E-state index in [0.717, 1.165) is 5.56 Å². The lowest BCUT2D eigenvalue weighted by molar-refractivity contribution is 0.102. The Labute approximate surface area is 145 Å². The highest BCUT2D eigenvalue weighted by molar-refractivity contribution is 6.03. The van der Waals surface area contributed by atoms with Crippen LogP contribution in [0.5, 0.6) is 5.88 Å². The van der Waals surface area contributed by atoms with Gasteiger partial charge in [-0.25, -0.2) is 15.0 Å². The van der Waals surface area contributed by atoms with Crippen molar-refractivity contribution in [3.63, 3.8) is 0 Å². The highest BCUT2D eigenvalue weighted by atomic mass is 16.5. The van der Waals surface area contributed by atoms with E-state index in [0.29, 0.717) is 23.0 Å². The minimum absolute atomic E-state index is 0.0493. The molecule has 0 fully saturated rings. The van der Waals surface area contributed by atoms with Crippen LogP contribution in [0.3, 0.4) is 0 Å². The van der Waals surface area contributed by atoms with Gasteiger partial charge in [-0.1, -0.05) is 30.3 Å². The minimum atomic E-state index is -0.293. The van der Waals surface area contributed by atoms with Crippen molar-refractivity contribution < 1.29 is 9.53 Å². The van der Waals surface area contributed by atoms with E-state index >= 15 is 0 Å². The molecular weight excluding hydrogens is 316 g/mol. The standard InChI is InChI=1S/C19H18N4O2/c1-13(2)25-17-9-8-16(12-20-17)23-19(24)15-10-21-18(22-11-15)14-6-4-3-5-7-14/h3-13H,1-2H3,(H,23,24). The van der Waals surface area contributed by atoms with E-state index in [2.05, 4.69) is 20.3 Å². The van der Waals surface area contributed by atoms with Crippen molar-refractivity contribution in [2.45, 2.75) is 20.0 Å². The number of carbonyl (C=O) groups is 1. The Morgan fingerprint density at radius 2 is 1.68 bits per heavy atom. The summed E-state index contributed by atoms with van der Waals surface area (Å²) in [5.41, 5.74) is 1.86. The number of aromatic nitrogens is 3. The number of ether oxygens (including phenoxy) is 1. The van der Waals surface area contributed by atoms with Gasteiger partial charge in [0, 0.05) is 24.0 Å². The molecule has 0 aliphatic rings. The van der Waals surface area contributed by atoms with Crippen molar-refractivity contribution >= 4 is 11.6 Å². The normalized spacial score (nSPS) is 10.5. The highest BCUT2D eigenvalue weighted by Gasteiger charge is 2.09. The van der Waals surface area contributed by atoms with Crippen LogP contribution in [-0.2, 0) is 0 Å². The number of carbonyl (C=O) groups excluding carboxylic acids is 1. The Hall–Kier alpha value is -3.28. The highest BCUT2D eigenvalue weighted by Crippen LogP contribution is 2.15. The van der Waals surface area contributed by atoms with Crippen LogP contribution in [0.2, 0.25) is 0 Å². The second-order valence-corrected chi connectivity index (χ2v) is 5.67. The van der Waals surface area contributed by atoms with Gasteiger partial charge in [0.1, 0.15) is 0 Å². The molecule has 0 spiro atoms. The summed E-state index contributed by atoms with van der Waals surface area (Å²) in [4.78, 5) is 24.9. The van der Waals surface area contributed by atoms with Gasteiger partial charge in [-0.05, 0) is 19.9 Å². The molecule has 0 saturated heterocycles. The molecule has 2 heterocycles. The molecule has 1 N–H and O–H groups in total. The summed E-state index contributed by atoms with van der Waals surface area (Å²) in [6.45, 7) is 3.85. The molecule has 0 aliphatic heterocycles. The van der Waals surface area contributed by atoms with Crippen LogP contribution in [0.25, 0.3) is 11.4 Å². The Bertz CT molecular complexity index is 832. The maximum absolute atomic E-state index is 12.3. The van der Waals surface area contributed by atoms with E-state index in [-0.39, 0.29) is 12.0 Å². The molecule has 126 valence electrons. The molecule has 0 saturated carbocycles. The third-order valence-corrected chi connectivity index (χ3v) is 3.30. The van der Waals surface area contributed by atoms with Crippen LogP contribution in [0, 0.1) is 0 Å². The average Bonchev–Trinajstić information content (AvgIpc) is 2.64. The molecule has 0 radical (unpaired) electrons. The lowest BCUT2D eigenvalue weighted by Gasteiger charge is -2.09. The van der Waals surface area contributed by atoms with E-state index in [1.165, 1.54) is 12.4 Å². The number of hydrogen-bond acceptors (Lipinski definition) is 5. The molecule has 1 amide bonds. The third-order valence-electron chi connectivity index (χ3n) is 3.30. The summed E-state index contributed by atoms with van der Waals surface area (Å²) in [5.74, 6) is 0.802. The SMILES string of the molecule is CC(C)Oc1ccc(NC(=O)c2cnc(-c3ccccc3)nc2)cn1. The monoisotopic (exact) mass is 334 g/mol. The summed E-state index contributed by atoms with van der Waals surface area (Å²) >= 11 is 0. The summed E-state index contributed by atoms with van der Waals surface area (Å²) in [7, 11) is 0. The number of pyridine rings is 1. The molecule has 0 bridgehead atoms. The number of nitrogens with zero attached hydrogens (tertiary/aromatic N) is 3. The Kier molecular flexibility index (Phi) is 4.99. The molecule has 3 aromatic rings. The second kappa shape index (κ2) is 7.53. The fraction of sp³-hybridized carbons (Fsp3) is 0.158. The summed E-state index contributed by atoms with van der Waals surface area (Å²) in [6, 6.07) is 13.0. The molecule has 0 atom stereocenters. The molecule has 3 rings (SSSR count). The fourth-order valence-corrected chi connectivity index (χ4v) is 2.15. The van der Waals surface area contributed by atoms with Crippen molar-refractivity contribution in [2.75, 3.05) is 5.32 Å². The number of anilines is 1. The zero-order valence-electron chi connectivity index (χ0n) is 14.0. The maximum atomic E-state index is 12.3. The van der Waals surface area contributed by atoms with Gasteiger partial charge in [-0.3, -0.25) is 4.79 Å². The van der Waals surface area contributed by atoms with Gasteiger partial charge in [0.15, 0.2) is 5.82 Å². The summed E-state index contributed by atoms with van der Waals surface area (Å²) in [5, 5.41) is 2.76. The number of amides is 1. The van der Waals surface area contributed by atoms with E-state index in [4.69, 9.17) is 4.74 Å². The molecule has 0 aliphatic carbocycles. The average molecular weight is 334 g/mol. The zero-order valence-corrected chi connectivity index (χ0v) is 14.0. The van der Waals surface area contributed by atoms with Crippen molar-refractivity contribution in [3.05, 3.63) is 66.6 Å². The maximum Gasteiger partial charge on any atom is 0.258 e. The molecular formula is C19H18N4O2. The van der Waals surface area contributed by atoms with Crippen LogP contribution >= 0.6 is 0 Å². The Morgan fingerprint density at radius 3 is 2.28 bits per heavy atom. The fourth-order valence-electron chi connectivity index (χ4n) is 2.15. The van der Waals surface area contributed by atoms with Crippen LogP contribution in [-0.4, -0.2) is 27.0 Å². The van der Waals surface area contributed by atoms with Crippen LogP contribution in [0.1, 0.15) is 24.2 Å². The first-order valence-electron chi connectivity index (χ1n) is 7.93. The molecule has 6 nitrogen and oxygen atoms in total. The largest absolute Gasteiger partial charge is 0.475 e. The Morgan fingerprint density at radius 1 is 0.960 bits per heavy atom. The minimum Gasteiger partial charge on any atom is -0.475 e. The third kappa shape index (κ3) is 4.38. The molecule has 0 unspecified atom stereocenters. The lowest BCUT2D eigenvalue weighted by Crippen LogP contribution is -2.13. The summed E-state index contributed by atoms with van der Waals surface area (Å²) in [6.07, 6.45) is 4.62. The number of benzene rings is 1. The van der Waals surface area contributed by atoms with E-state index in [9.17, 15) is 4.79 Å². The predicted molar refractivity (Wildman–Crippen MR) is 95.4 cm³/mol. The smallest absolute Gasteiger partial charge is 0.258 e. The number of rotatable bonds is 5. The van der Waals surface area contributed by atoms with E-state index in [1.807, 2.05) is 44.2 Å². The van der Waals surface area contributed by atoms with E-state index in [1.54, 1.807) is 18.3 Å². The van der Waals surface area contributed by atoms with Crippen molar-refractivity contribution in [1.82, 2.24) is 15.0 Å². The summed E-state index contributed by atoms with van der Waals surface area (Å²) < 4.78 is 5.47. The van der Waals surface area contributed by atoms with Crippen LogP contribution < -0.4 is 10.1 Å². The molecule has 6 heteroatoms. The van der Waals surface area contributed by atoms with Gasteiger partial charge >= 0.3 is 0 Å². The van der Waals surface area contributed by atoms with Gasteiger partial charge in [0.25, 0.3) is 5.91 Å². The van der Waals surface area contributed by atoms with Crippen molar-refractivity contribution in [1.29, 1.82) is 0 Å². The van der Waals surface area contributed by atoms with Gasteiger partial charge in [0.2, 0.25) is 5.88 Å². The van der Waals surface area contributed by atoms with Gasteiger partial charge in [0.05, 0.1) is 23.6 Å². The van der Waals surface area contributed by atoms with Gasteiger partial charge < -0.3 is 10.1 Å². The number of nitrogens with one attached hydrogen (secondary N) is 1. The lowest BCUT2D eigenvalue weighted by atomic mass is 10.2. The Balaban J connectivity index is 1.67. The first-order valence-corrected chi connectivity index (χ1v) is 7.93. The molecule has 1 aromatic carbocycles. The first kappa shape index (κ1) is 16.6. The second-order valence-electron chi connectivity index (χ2n) is 5.67. The van der Waals surface area contributed by atoms with Crippen molar-refractivity contribution in [3.8, 4) is 17.3 Å². The first-order chi connectivity index (χ1) is 12.1. The quantitative estimate of drug-likeness (QED) is 0.772. The topological polar surface area (TPSA) is 77.0 Å². The van der Waals surface area contributed by atoms with Crippen molar-refractivity contribution in [2.24, 2.45) is 0 Å². The molecule has 25 heavy (non-hydrogen) atoms.